The molecule has 6 aromatic rings. The molecule has 3 fully saturated rings. The van der Waals surface area contributed by atoms with Crippen LogP contribution in [-0.2, 0) is 36.6 Å². The number of halogens is 7. The number of piperidine rings is 1. The summed E-state index contributed by atoms with van der Waals surface area (Å²) in [6.45, 7) is -0.176. The van der Waals surface area contributed by atoms with E-state index in [1.165, 1.54) is 36.4 Å². The highest BCUT2D eigenvalue weighted by Crippen LogP contribution is 2.43. The Labute approximate surface area is 441 Å². The van der Waals surface area contributed by atoms with Gasteiger partial charge in [-0.3, -0.25) is 29.3 Å². The minimum absolute atomic E-state index is 0.0229. The molecule has 2 saturated heterocycles. The molecule has 1 unspecified atom stereocenters. The van der Waals surface area contributed by atoms with E-state index in [0.717, 1.165) is 39.7 Å². The Morgan fingerprint density at radius 2 is 1.79 bits per heavy atom. The Balaban J connectivity index is 0.816. The molecule has 6 heterocycles. The number of hydrogen-bond acceptors (Lipinski definition) is 15. The number of ether oxygens (including phenoxy) is 3. The first-order valence-corrected chi connectivity index (χ1v) is 24.4. The van der Waals surface area contributed by atoms with Gasteiger partial charge in [0.15, 0.2) is 5.82 Å². The molecular formula is C49H42Cl2F5N11O10. The predicted octanol–water partition coefficient (Wildman–Crippen LogP) is 4.99. The average molecular weight is 1110 g/mol. The molecule has 21 nitrogen and oxygen atoms in total. The average Bonchev–Trinajstić information content (AvgIpc) is 4.15. The van der Waals surface area contributed by atoms with Crippen LogP contribution in [0.4, 0.5) is 27.6 Å². The van der Waals surface area contributed by atoms with Crippen LogP contribution in [0, 0.1) is 18.6 Å². The lowest BCUT2D eigenvalue weighted by Gasteiger charge is -2.43. The van der Waals surface area contributed by atoms with Gasteiger partial charge >= 0.3 is 6.18 Å². The summed E-state index contributed by atoms with van der Waals surface area (Å²) in [5.41, 5.74) is -0.768. The van der Waals surface area contributed by atoms with Gasteiger partial charge in [-0.25, -0.2) is 28.1 Å². The van der Waals surface area contributed by atoms with Gasteiger partial charge in [-0.1, -0.05) is 34.5 Å². The van der Waals surface area contributed by atoms with Crippen LogP contribution in [0.5, 0.6) is 5.75 Å². The maximum atomic E-state index is 14.6. The van der Waals surface area contributed by atoms with Crippen LogP contribution >= 0.6 is 23.2 Å². The molecule has 0 bridgehead atoms. The zero-order valence-corrected chi connectivity index (χ0v) is 41.4. The van der Waals surface area contributed by atoms with E-state index in [1.54, 1.807) is 18.2 Å². The van der Waals surface area contributed by atoms with E-state index in [2.05, 4.69) is 41.3 Å². The second-order valence-electron chi connectivity index (χ2n) is 18.5. The number of aliphatic hydroxyl groups is 2. The number of rotatable bonds is 14. The first kappa shape index (κ1) is 52.9. The van der Waals surface area contributed by atoms with E-state index in [-0.39, 0.29) is 53.0 Å². The summed E-state index contributed by atoms with van der Waals surface area (Å²) in [5.74, 6) is -4.92. The number of anilines is 1. The maximum absolute atomic E-state index is 14.6. The zero-order chi connectivity index (χ0) is 54.6. The molecule has 1 aliphatic carbocycles. The second-order valence-corrected chi connectivity index (χ2v) is 19.3. The Bertz CT molecular complexity index is 3300. The van der Waals surface area contributed by atoms with Crippen molar-refractivity contribution in [1.82, 2.24) is 50.3 Å². The summed E-state index contributed by atoms with van der Waals surface area (Å²) in [5, 5.41) is 41.5. The van der Waals surface area contributed by atoms with E-state index < -0.39 is 125 Å². The Morgan fingerprint density at radius 1 is 1.03 bits per heavy atom. The van der Waals surface area contributed by atoms with Gasteiger partial charge in [0.25, 0.3) is 11.8 Å². The molecule has 10 rings (SSSR count). The molecule has 5 amide bonds. The lowest BCUT2D eigenvalue weighted by Crippen LogP contribution is -2.55. The second kappa shape index (κ2) is 21.1. The minimum atomic E-state index is -4.92. The highest BCUT2D eigenvalue weighted by Gasteiger charge is 2.51. The Kier molecular flexibility index (Phi) is 14.5. The fraction of sp³-hybridized carbons (Fsp3) is 0.347. The normalized spacial score (nSPS) is 23.3. The minimum Gasteiger partial charge on any atom is -0.489 e. The number of carbonyl (C=O) groups is 5. The van der Waals surface area contributed by atoms with Crippen molar-refractivity contribution >= 4 is 58.4 Å². The summed E-state index contributed by atoms with van der Waals surface area (Å²) in [6, 6.07) is 9.58. The first-order valence-electron chi connectivity index (χ1n) is 23.7. The van der Waals surface area contributed by atoms with Crippen molar-refractivity contribution in [2.45, 2.75) is 94.0 Å². The van der Waals surface area contributed by atoms with E-state index in [1.807, 2.05) is 0 Å². The first-order chi connectivity index (χ1) is 36.7. The number of nitrogens with zero attached hydrogens (tertiary/aromatic N) is 8. The van der Waals surface area contributed by atoms with Crippen molar-refractivity contribution in [2.75, 3.05) is 18.5 Å². The molecule has 1 saturated carbocycles. The number of alkyl halides is 3. The zero-order valence-electron chi connectivity index (χ0n) is 39.9. The molecule has 6 atom stereocenters. The van der Waals surface area contributed by atoms with Crippen LogP contribution in [-0.4, -0.2) is 129 Å². The van der Waals surface area contributed by atoms with Gasteiger partial charge in [0.05, 0.1) is 30.3 Å². The summed E-state index contributed by atoms with van der Waals surface area (Å²) in [6.07, 6.45) is -8.34. The Morgan fingerprint density at radius 3 is 2.49 bits per heavy atom. The number of aliphatic hydroxyl groups excluding tert-OH is 2. The van der Waals surface area contributed by atoms with Crippen molar-refractivity contribution in [3.05, 3.63) is 129 Å². The molecule has 4 aliphatic rings. The monoisotopic (exact) mass is 1110 g/mol. The van der Waals surface area contributed by atoms with Gasteiger partial charge in [0.1, 0.15) is 88.8 Å². The fourth-order valence-corrected chi connectivity index (χ4v) is 9.92. The van der Waals surface area contributed by atoms with Crippen molar-refractivity contribution in [3.8, 4) is 22.7 Å². The van der Waals surface area contributed by atoms with Gasteiger partial charge < -0.3 is 40.0 Å². The molecule has 402 valence electrons. The van der Waals surface area contributed by atoms with Crippen LogP contribution in [0.3, 0.4) is 0 Å². The largest absolute Gasteiger partial charge is 0.489 e. The lowest BCUT2D eigenvalue weighted by molar-refractivity contribution is -0.223. The number of carbonyl (C=O) groups excluding carboxylic acids is 5. The molecule has 0 spiro atoms. The van der Waals surface area contributed by atoms with Crippen molar-refractivity contribution in [2.24, 2.45) is 0 Å². The van der Waals surface area contributed by atoms with Gasteiger partial charge in [-0.15, -0.1) is 5.10 Å². The van der Waals surface area contributed by atoms with Gasteiger partial charge in [-0.2, -0.15) is 18.3 Å². The summed E-state index contributed by atoms with van der Waals surface area (Å²) < 4.78 is 92.8. The highest BCUT2D eigenvalue weighted by molar-refractivity contribution is 6.31. The van der Waals surface area contributed by atoms with Crippen LogP contribution < -0.4 is 20.7 Å². The molecule has 0 radical (unpaired) electrons. The van der Waals surface area contributed by atoms with Crippen LogP contribution in [0.15, 0.2) is 73.1 Å². The van der Waals surface area contributed by atoms with E-state index >= 15 is 0 Å². The topological polar surface area (TPSA) is 267 Å². The number of benzene rings is 3. The summed E-state index contributed by atoms with van der Waals surface area (Å²) >= 11 is 11.9. The number of amides is 5. The number of imide groups is 1. The SMILES string of the molecule is Cc1nc([C@@H]2O[C@H](CO)[C@H](O)[C@H](n3cc(-c4cc(F)c(Cl)c(F)c4)nn3)[C@H]2OCC(=O)NC2CC(Oc3ccc(C(=O)Nc4cccc5c4CN(C4CCC(=O)NC4=O)C5=O)nc3)C2)n(-c2cc(Cl)ccc2C(F)(F)F)n1. The van der Waals surface area contributed by atoms with Gasteiger partial charge in [-0.05, 0) is 67.9 Å². The number of aryl methyl sites for hydroxylation is 1. The molecular weight excluding hydrogens is 1070 g/mol. The van der Waals surface area contributed by atoms with E-state index in [9.17, 15) is 56.1 Å². The summed E-state index contributed by atoms with van der Waals surface area (Å²) in [7, 11) is 0. The standard InChI is InChI=1S/C49H42Cl2F5N11O10/c1-21-58-45(67(63-21)36-13-23(50)5-7-29(36)49(54,55)56)44-43(41(42(71)37(19-68)77-44)66-18-34(62-64-66)22-11-30(52)40(51)31(53)12-22)75-20-39(70)59-24-14-26(15-24)76-25-6-8-33(57-16-25)46(72)60-32-4-2-3-27-28(32)17-65(48(27)74)35-9-10-38(69)61-47(35)73/h2-8,11-13,16,18,24,26,35,37,41-44,68,71H,9-10,14-15,17,19-20H2,1H3,(H,59,70)(H,60,72)(H,61,69,73)/t24?,26?,35?,37-,41+,42+,43-,44-/m1/s1. The predicted molar refractivity (Wildman–Crippen MR) is 256 cm³/mol. The molecule has 3 aliphatic heterocycles. The summed E-state index contributed by atoms with van der Waals surface area (Å²) in [4.78, 5) is 74.4. The van der Waals surface area contributed by atoms with E-state index in [0.29, 0.717) is 35.4 Å². The molecule has 3 aromatic carbocycles. The van der Waals surface area contributed by atoms with Crippen LogP contribution in [0.2, 0.25) is 10.0 Å². The van der Waals surface area contributed by atoms with Crippen molar-refractivity contribution < 1.29 is 70.3 Å². The van der Waals surface area contributed by atoms with Crippen molar-refractivity contribution in [3.63, 3.8) is 0 Å². The van der Waals surface area contributed by atoms with Gasteiger partial charge in [0, 0.05) is 59.2 Å². The smallest absolute Gasteiger partial charge is 0.418 e. The quantitative estimate of drug-likeness (QED) is 0.0546. The highest BCUT2D eigenvalue weighted by atomic mass is 35.5. The fourth-order valence-electron chi connectivity index (χ4n) is 9.65. The lowest BCUT2D eigenvalue weighted by atomic mass is 9.89. The third kappa shape index (κ3) is 10.7. The molecule has 28 heteroatoms. The third-order valence-electron chi connectivity index (χ3n) is 13.4. The number of hydrogen-bond donors (Lipinski definition) is 5. The third-order valence-corrected chi connectivity index (χ3v) is 14.0. The number of fused-ring (bicyclic) bond motifs is 1. The van der Waals surface area contributed by atoms with Crippen molar-refractivity contribution in [1.29, 1.82) is 0 Å². The molecule has 77 heavy (non-hydrogen) atoms. The van der Waals surface area contributed by atoms with E-state index in [4.69, 9.17) is 37.4 Å². The molecule has 3 aromatic heterocycles. The maximum Gasteiger partial charge on any atom is 0.418 e. The number of pyridine rings is 1. The number of nitrogens with one attached hydrogen (secondary N) is 3. The van der Waals surface area contributed by atoms with Gasteiger partial charge in [0.2, 0.25) is 17.7 Å². The van der Waals surface area contributed by atoms with Crippen LogP contribution in [0.1, 0.15) is 81.5 Å². The number of aromatic nitrogens is 7. The van der Waals surface area contributed by atoms with Crippen LogP contribution in [0.25, 0.3) is 16.9 Å². The molecule has 5 N–H and O–H groups in total. The Hall–Kier alpha value is -7.49.